The third-order valence-corrected chi connectivity index (χ3v) is 4.88. The molecule has 0 fully saturated rings. The van der Waals surface area contributed by atoms with E-state index >= 15 is 0 Å². The lowest BCUT2D eigenvalue weighted by molar-refractivity contribution is -0.396. The van der Waals surface area contributed by atoms with Crippen LogP contribution in [0.1, 0.15) is 13.3 Å². The Morgan fingerprint density at radius 3 is 2.52 bits per heavy atom. The Balaban J connectivity index is 2.16. The van der Waals surface area contributed by atoms with Crippen molar-refractivity contribution in [2.24, 2.45) is 0 Å². The molecule has 0 spiro atoms. The molecule has 0 aliphatic rings. The molecule has 3 aromatic rings. The minimum Gasteiger partial charge on any atom is -0.287 e. The topological polar surface area (TPSA) is 121 Å². The first kappa shape index (κ1) is 18.5. The normalized spacial score (nSPS) is 10.9. The lowest BCUT2D eigenvalue weighted by Gasteiger charge is -2.12. The number of nitrogens with zero attached hydrogens (tertiary/aromatic N) is 4. The van der Waals surface area contributed by atoms with Crippen LogP contribution in [0.25, 0.3) is 10.9 Å². The molecule has 1 aromatic heterocycles. The number of hydrogen-bond donors (Lipinski definition) is 0. The SMILES string of the molecule is CCCn1c(Sc2ccc([N+](=O)[O-])cc2[N+](=O)[O-])nc2ccccc2c1=O. The number of nitro groups is 2. The molecule has 10 heteroatoms. The Labute approximate surface area is 157 Å². The maximum Gasteiger partial charge on any atom is 0.290 e. The number of rotatable bonds is 6. The van der Waals surface area contributed by atoms with Gasteiger partial charge >= 0.3 is 0 Å². The van der Waals surface area contributed by atoms with Crippen LogP contribution in [0, 0.1) is 20.2 Å². The van der Waals surface area contributed by atoms with Crippen molar-refractivity contribution in [2.75, 3.05) is 0 Å². The van der Waals surface area contributed by atoms with Gasteiger partial charge in [0.05, 0.1) is 31.7 Å². The smallest absolute Gasteiger partial charge is 0.287 e. The van der Waals surface area contributed by atoms with Crippen LogP contribution in [-0.4, -0.2) is 19.4 Å². The van der Waals surface area contributed by atoms with E-state index in [0.29, 0.717) is 29.0 Å². The number of hydrogen-bond acceptors (Lipinski definition) is 7. The zero-order valence-electron chi connectivity index (χ0n) is 14.2. The number of nitro benzene ring substituents is 2. The zero-order valence-corrected chi connectivity index (χ0v) is 15.0. The van der Waals surface area contributed by atoms with E-state index in [0.717, 1.165) is 17.8 Å². The van der Waals surface area contributed by atoms with Gasteiger partial charge in [-0.2, -0.15) is 0 Å². The molecular weight excluding hydrogens is 372 g/mol. The largest absolute Gasteiger partial charge is 0.290 e. The van der Waals surface area contributed by atoms with Crippen LogP contribution in [0.3, 0.4) is 0 Å². The lowest BCUT2D eigenvalue weighted by Crippen LogP contribution is -2.23. The highest BCUT2D eigenvalue weighted by Crippen LogP contribution is 2.36. The van der Waals surface area contributed by atoms with E-state index in [4.69, 9.17) is 0 Å². The Hall–Kier alpha value is -3.27. The van der Waals surface area contributed by atoms with Crippen molar-refractivity contribution in [1.82, 2.24) is 9.55 Å². The highest BCUT2D eigenvalue weighted by Gasteiger charge is 2.22. The molecule has 9 nitrogen and oxygen atoms in total. The number of para-hydroxylation sites is 1. The second kappa shape index (κ2) is 7.54. The van der Waals surface area contributed by atoms with Gasteiger partial charge in [-0.1, -0.05) is 19.1 Å². The van der Waals surface area contributed by atoms with Gasteiger partial charge in [0.2, 0.25) is 0 Å². The number of fused-ring (bicyclic) bond motifs is 1. The molecule has 2 aromatic carbocycles. The summed E-state index contributed by atoms with van der Waals surface area (Å²) >= 11 is 0.946. The first-order chi connectivity index (χ1) is 12.9. The van der Waals surface area contributed by atoms with Gasteiger partial charge in [0.15, 0.2) is 5.16 Å². The molecule has 0 saturated heterocycles. The summed E-state index contributed by atoms with van der Waals surface area (Å²) in [6.45, 7) is 2.31. The van der Waals surface area contributed by atoms with Crippen molar-refractivity contribution in [3.8, 4) is 0 Å². The molecule has 1 heterocycles. The van der Waals surface area contributed by atoms with E-state index in [9.17, 15) is 25.0 Å². The van der Waals surface area contributed by atoms with Crippen molar-refractivity contribution in [3.63, 3.8) is 0 Å². The van der Waals surface area contributed by atoms with Gasteiger partial charge in [-0.25, -0.2) is 4.98 Å². The number of aromatic nitrogens is 2. The van der Waals surface area contributed by atoms with E-state index < -0.39 is 15.5 Å². The molecule has 27 heavy (non-hydrogen) atoms. The second-order valence-corrected chi connectivity index (χ2v) is 6.65. The van der Waals surface area contributed by atoms with Crippen LogP contribution in [-0.2, 0) is 6.54 Å². The van der Waals surface area contributed by atoms with Gasteiger partial charge < -0.3 is 0 Å². The fourth-order valence-electron chi connectivity index (χ4n) is 2.59. The molecule has 0 amide bonds. The molecule has 0 aliphatic carbocycles. The predicted octanol–water partition coefficient (Wildman–Crippen LogP) is 3.77. The van der Waals surface area contributed by atoms with Crippen LogP contribution in [0.4, 0.5) is 11.4 Å². The predicted molar refractivity (Wildman–Crippen MR) is 100 cm³/mol. The highest BCUT2D eigenvalue weighted by molar-refractivity contribution is 7.99. The average Bonchev–Trinajstić information content (AvgIpc) is 2.65. The van der Waals surface area contributed by atoms with Crippen molar-refractivity contribution in [2.45, 2.75) is 29.9 Å². The van der Waals surface area contributed by atoms with E-state index in [1.807, 2.05) is 6.92 Å². The molecule has 138 valence electrons. The van der Waals surface area contributed by atoms with Gasteiger partial charge in [-0.15, -0.1) is 0 Å². The molecule has 0 atom stereocenters. The van der Waals surface area contributed by atoms with Crippen molar-refractivity contribution >= 4 is 34.0 Å². The van der Waals surface area contributed by atoms with E-state index in [-0.39, 0.29) is 16.1 Å². The van der Waals surface area contributed by atoms with Gasteiger partial charge in [0, 0.05) is 12.6 Å². The van der Waals surface area contributed by atoms with E-state index in [1.54, 1.807) is 24.3 Å². The molecular formula is C17H14N4O5S. The summed E-state index contributed by atoms with van der Waals surface area (Å²) in [6.07, 6.45) is 0.676. The number of non-ortho nitro benzene ring substituents is 1. The molecule has 3 rings (SSSR count). The number of benzene rings is 2. The first-order valence-electron chi connectivity index (χ1n) is 8.02. The van der Waals surface area contributed by atoms with Gasteiger partial charge in [0.1, 0.15) is 0 Å². The van der Waals surface area contributed by atoms with Crippen LogP contribution >= 0.6 is 11.8 Å². The van der Waals surface area contributed by atoms with Crippen LogP contribution in [0.15, 0.2) is 57.3 Å². The minimum absolute atomic E-state index is 0.178. The minimum atomic E-state index is -0.692. The standard InChI is InChI=1S/C17H14N4O5S/c1-2-9-19-16(22)12-5-3-4-6-13(12)18-17(19)27-15-8-7-11(20(23)24)10-14(15)21(25)26/h3-8,10H,2,9H2,1H3. The summed E-state index contributed by atoms with van der Waals surface area (Å²) in [4.78, 5) is 38.3. The lowest BCUT2D eigenvalue weighted by atomic mass is 10.2. The fourth-order valence-corrected chi connectivity index (χ4v) is 3.59. The molecule has 0 N–H and O–H groups in total. The summed E-state index contributed by atoms with van der Waals surface area (Å²) in [5, 5.41) is 23.0. The Morgan fingerprint density at radius 1 is 1.11 bits per heavy atom. The second-order valence-electron chi connectivity index (χ2n) is 5.64. The molecule has 0 saturated carbocycles. The molecule has 0 radical (unpaired) electrons. The van der Waals surface area contributed by atoms with Crippen LogP contribution in [0.5, 0.6) is 0 Å². The van der Waals surface area contributed by atoms with Crippen LogP contribution < -0.4 is 5.56 Å². The fraction of sp³-hybridized carbons (Fsp3) is 0.176. The van der Waals surface area contributed by atoms with E-state index in [2.05, 4.69) is 4.98 Å². The molecule has 0 aliphatic heterocycles. The monoisotopic (exact) mass is 386 g/mol. The summed E-state index contributed by atoms with van der Waals surface area (Å²) < 4.78 is 1.47. The zero-order chi connectivity index (χ0) is 19.6. The molecule has 0 unspecified atom stereocenters. The quantitative estimate of drug-likeness (QED) is 0.359. The Kier molecular flexibility index (Phi) is 5.17. The maximum absolute atomic E-state index is 12.8. The average molecular weight is 386 g/mol. The van der Waals surface area contributed by atoms with Crippen molar-refractivity contribution in [3.05, 3.63) is 73.0 Å². The van der Waals surface area contributed by atoms with Crippen molar-refractivity contribution in [1.29, 1.82) is 0 Å². The summed E-state index contributed by atoms with van der Waals surface area (Å²) in [5.41, 5.74) is -0.514. The highest BCUT2D eigenvalue weighted by atomic mass is 32.2. The Morgan fingerprint density at radius 2 is 1.85 bits per heavy atom. The Bertz CT molecular complexity index is 1110. The van der Waals surface area contributed by atoms with Crippen LogP contribution in [0.2, 0.25) is 0 Å². The first-order valence-corrected chi connectivity index (χ1v) is 8.84. The van der Waals surface area contributed by atoms with E-state index in [1.165, 1.54) is 16.7 Å². The molecule has 0 bridgehead atoms. The third-order valence-electron chi connectivity index (χ3n) is 3.83. The van der Waals surface area contributed by atoms with Gasteiger partial charge in [-0.3, -0.25) is 29.6 Å². The third kappa shape index (κ3) is 3.65. The summed E-state index contributed by atoms with van der Waals surface area (Å²) in [7, 11) is 0. The van der Waals surface area contributed by atoms with Gasteiger partial charge in [-0.05, 0) is 36.4 Å². The maximum atomic E-state index is 12.8. The summed E-state index contributed by atoms with van der Waals surface area (Å²) in [5.74, 6) is 0. The summed E-state index contributed by atoms with van der Waals surface area (Å²) in [6, 6.07) is 10.3. The van der Waals surface area contributed by atoms with Crippen molar-refractivity contribution < 1.29 is 9.85 Å². The van der Waals surface area contributed by atoms with Gasteiger partial charge in [0.25, 0.3) is 16.9 Å².